The molecule has 0 saturated heterocycles. The summed E-state index contributed by atoms with van der Waals surface area (Å²) in [6.07, 6.45) is 2.75. The molecular weight excluding hydrogens is 308 g/mol. The number of hydrogen-bond acceptors (Lipinski definition) is 3. The van der Waals surface area contributed by atoms with Gasteiger partial charge in [0.05, 0.1) is 12.6 Å². The Morgan fingerprint density at radius 3 is 2.90 bits per heavy atom. The van der Waals surface area contributed by atoms with Gasteiger partial charge in [-0.05, 0) is 42.7 Å². The molecule has 0 spiro atoms. The summed E-state index contributed by atoms with van der Waals surface area (Å²) >= 11 is 7.67. The maximum atomic E-state index is 12.4. The standard InChI is InChI=1S/C15H19ClN2O2S/c1-18-13-4-3-11(16)7-10(13)8-14(18)15(20)17-12(9-19)5-6-21-2/h3-4,7-8,12,19H,5-6,9H2,1-2H3,(H,17,20). The number of aliphatic hydroxyl groups is 1. The van der Waals surface area contributed by atoms with E-state index in [0.717, 1.165) is 23.1 Å². The third-order valence-electron chi connectivity index (χ3n) is 3.46. The SMILES string of the molecule is CSCCC(CO)NC(=O)c1cc2cc(Cl)ccc2n1C. The number of aliphatic hydroxyl groups excluding tert-OH is 1. The van der Waals surface area contributed by atoms with E-state index in [2.05, 4.69) is 5.32 Å². The minimum Gasteiger partial charge on any atom is -0.394 e. The number of carbonyl (C=O) groups excluding carboxylic acids is 1. The summed E-state index contributed by atoms with van der Waals surface area (Å²) in [4.78, 5) is 12.4. The summed E-state index contributed by atoms with van der Waals surface area (Å²) < 4.78 is 1.84. The van der Waals surface area contributed by atoms with Gasteiger partial charge in [0.2, 0.25) is 0 Å². The lowest BCUT2D eigenvalue weighted by molar-refractivity contribution is 0.0907. The molecule has 2 rings (SSSR count). The second kappa shape index (κ2) is 7.20. The predicted octanol–water partition coefficient (Wildman–Crippen LogP) is 2.68. The van der Waals surface area contributed by atoms with E-state index in [0.29, 0.717) is 10.7 Å². The second-order valence-corrected chi connectivity index (χ2v) is 6.35. The third-order valence-corrected chi connectivity index (χ3v) is 4.34. The Morgan fingerprint density at radius 2 is 2.24 bits per heavy atom. The monoisotopic (exact) mass is 326 g/mol. The fourth-order valence-electron chi connectivity index (χ4n) is 2.27. The molecule has 2 aromatic rings. The molecule has 21 heavy (non-hydrogen) atoms. The molecule has 1 heterocycles. The van der Waals surface area contributed by atoms with E-state index in [9.17, 15) is 9.90 Å². The van der Waals surface area contributed by atoms with Gasteiger partial charge in [0.15, 0.2) is 0 Å². The van der Waals surface area contributed by atoms with Crippen molar-refractivity contribution in [2.45, 2.75) is 12.5 Å². The highest BCUT2D eigenvalue weighted by atomic mass is 35.5. The molecule has 0 aliphatic rings. The first kappa shape index (κ1) is 16.2. The Bertz CT molecular complexity index is 642. The summed E-state index contributed by atoms with van der Waals surface area (Å²) in [6, 6.07) is 7.14. The number of halogens is 1. The first-order valence-electron chi connectivity index (χ1n) is 6.72. The van der Waals surface area contributed by atoms with Gasteiger partial charge in [0.1, 0.15) is 5.69 Å². The van der Waals surface area contributed by atoms with Gasteiger partial charge in [0, 0.05) is 23.0 Å². The molecule has 0 saturated carbocycles. The van der Waals surface area contributed by atoms with E-state index in [1.807, 2.05) is 36.1 Å². The van der Waals surface area contributed by atoms with Crippen molar-refractivity contribution in [1.82, 2.24) is 9.88 Å². The van der Waals surface area contributed by atoms with Crippen molar-refractivity contribution in [1.29, 1.82) is 0 Å². The molecule has 6 heteroatoms. The number of nitrogens with zero attached hydrogens (tertiary/aromatic N) is 1. The average molecular weight is 327 g/mol. The normalized spacial score (nSPS) is 12.6. The summed E-state index contributed by atoms with van der Waals surface area (Å²) in [5, 5.41) is 13.8. The molecular formula is C15H19ClN2O2S. The van der Waals surface area contributed by atoms with Crippen molar-refractivity contribution in [3.8, 4) is 0 Å². The maximum Gasteiger partial charge on any atom is 0.268 e. The number of hydrogen-bond donors (Lipinski definition) is 2. The number of carbonyl (C=O) groups is 1. The summed E-state index contributed by atoms with van der Waals surface area (Å²) in [6.45, 7) is -0.0535. The molecule has 1 unspecified atom stereocenters. The molecule has 4 nitrogen and oxygen atoms in total. The molecule has 0 aliphatic heterocycles. The lowest BCUT2D eigenvalue weighted by Gasteiger charge is -2.16. The molecule has 2 N–H and O–H groups in total. The fraction of sp³-hybridized carbons (Fsp3) is 0.400. The van der Waals surface area contributed by atoms with Crippen molar-refractivity contribution in [3.05, 3.63) is 35.0 Å². The Morgan fingerprint density at radius 1 is 1.48 bits per heavy atom. The molecule has 0 aliphatic carbocycles. The smallest absolute Gasteiger partial charge is 0.268 e. The van der Waals surface area contributed by atoms with Crippen molar-refractivity contribution in [2.24, 2.45) is 7.05 Å². The number of aryl methyl sites for hydroxylation is 1. The van der Waals surface area contributed by atoms with Gasteiger partial charge in [-0.1, -0.05) is 11.6 Å². The van der Waals surface area contributed by atoms with Crippen molar-refractivity contribution in [2.75, 3.05) is 18.6 Å². The van der Waals surface area contributed by atoms with E-state index in [1.165, 1.54) is 0 Å². The minimum atomic E-state index is -0.216. The van der Waals surface area contributed by atoms with Gasteiger partial charge in [0.25, 0.3) is 5.91 Å². The van der Waals surface area contributed by atoms with Gasteiger partial charge in [-0.15, -0.1) is 0 Å². The van der Waals surface area contributed by atoms with Crippen LogP contribution in [0, 0.1) is 0 Å². The maximum absolute atomic E-state index is 12.4. The van der Waals surface area contributed by atoms with Gasteiger partial charge in [-0.25, -0.2) is 0 Å². The molecule has 1 aromatic carbocycles. The van der Waals surface area contributed by atoms with Crippen LogP contribution in [0.15, 0.2) is 24.3 Å². The number of benzene rings is 1. The molecule has 0 bridgehead atoms. The zero-order valence-electron chi connectivity index (χ0n) is 12.1. The van der Waals surface area contributed by atoms with Gasteiger partial charge >= 0.3 is 0 Å². The number of rotatable bonds is 6. The zero-order chi connectivity index (χ0) is 15.4. The Kier molecular flexibility index (Phi) is 5.56. The topological polar surface area (TPSA) is 54.3 Å². The predicted molar refractivity (Wildman–Crippen MR) is 89.3 cm³/mol. The molecule has 1 amide bonds. The van der Waals surface area contributed by atoms with Crippen LogP contribution in [-0.2, 0) is 7.05 Å². The quantitative estimate of drug-likeness (QED) is 0.858. The van der Waals surface area contributed by atoms with Crippen LogP contribution in [-0.4, -0.2) is 40.2 Å². The number of thioether (sulfide) groups is 1. The van der Waals surface area contributed by atoms with E-state index in [1.54, 1.807) is 17.8 Å². The van der Waals surface area contributed by atoms with Crippen LogP contribution in [0.5, 0.6) is 0 Å². The van der Waals surface area contributed by atoms with E-state index in [4.69, 9.17) is 11.6 Å². The van der Waals surface area contributed by atoms with Crippen LogP contribution in [0.3, 0.4) is 0 Å². The Balaban J connectivity index is 2.20. The molecule has 0 radical (unpaired) electrons. The molecule has 0 fully saturated rings. The van der Waals surface area contributed by atoms with Crippen molar-refractivity contribution in [3.63, 3.8) is 0 Å². The summed E-state index contributed by atoms with van der Waals surface area (Å²) in [5.41, 5.74) is 1.52. The van der Waals surface area contributed by atoms with Gasteiger partial charge in [-0.2, -0.15) is 11.8 Å². The van der Waals surface area contributed by atoms with E-state index in [-0.39, 0.29) is 18.6 Å². The third kappa shape index (κ3) is 3.73. The Hall–Kier alpha value is -1.17. The van der Waals surface area contributed by atoms with E-state index < -0.39 is 0 Å². The molecule has 114 valence electrons. The first-order valence-corrected chi connectivity index (χ1v) is 8.49. The fourth-order valence-corrected chi connectivity index (χ4v) is 2.97. The lowest BCUT2D eigenvalue weighted by Crippen LogP contribution is -2.38. The van der Waals surface area contributed by atoms with Crippen molar-refractivity contribution < 1.29 is 9.90 Å². The molecule has 1 atom stereocenters. The zero-order valence-corrected chi connectivity index (χ0v) is 13.7. The highest BCUT2D eigenvalue weighted by Gasteiger charge is 2.17. The van der Waals surface area contributed by atoms with E-state index >= 15 is 0 Å². The first-order chi connectivity index (χ1) is 10.1. The number of nitrogens with one attached hydrogen (secondary N) is 1. The average Bonchev–Trinajstić information content (AvgIpc) is 2.79. The van der Waals surface area contributed by atoms with Crippen LogP contribution in [0.25, 0.3) is 10.9 Å². The Labute approximate surface area is 133 Å². The minimum absolute atomic E-state index is 0.0535. The van der Waals surface area contributed by atoms with Crippen LogP contribution in [0.2, 0.25) is 5.02 Å². The van der Waals surface area contributed by atoms with Crippen LogP contribution < -0.4 is 5.32 Å². The highest BCUT2D eigenvalue weighted by Crippen LogP contribution is 2.22. The summed E-state index contributed by atoms with van der Waals surface area (Å²) in [5.74, 6) is 0.723. The van der Waals surface area contributed by atoms with Gasteiger partial charge in [-0.3, -0.25) is 4.79 Å². The van der Waals surface area contributed by atoms with Crippen LogP contribution >= 0.6 is 23.4 Å². The summed E-state index contributed by atoms with van der Waals surface area (Å²) in [7, 11) is 1.85. The number of fused-ring (bicyclic) bond motifs is 1. The highest BCUT2D eigenvalue weighted by molar-refractivity contribution is 7.98. The second-order valence-electron chi connectivity index (χ2n) is 4.93. The molecule has 1 aromatic heterocycles. The van der Waals surface area contributed by atoms with Crippen LogP contribution in [0.1, 0.15) is 16.9 Å². The number of aromatic nitrogens is 1. The van der Waals surface area contributed by atoms with Crippen LogP contribution in [0.4, 0.5) is 0 Å². The lowest BCUT2D eigenvalue weighted by atomic mass is 10.2. The number of amides is 1. The largest absolute Gasteiger partial charge is 0.394 e. The van der Waals surface area contributed by atoms with Gasteiger partial charge < -0.3 is 15.0 Å². The van der Waals surface area contributed by atoms with Crippen molar-refractivity contribution >= 4 is 40.2 Å².